The zero-order valence-electron chi connectivity index (χ0n) is 12.9. The van der Waals surface area contributed by atoms with Crippen molar-refractivity contribution in [1.82, 2.24) is 0 Å². The monoisotopic (exact) mass is 325 g/mol. The third kappa shape index (κ3) is 4.35. The Morgan fingerprint density at radius 1 is 1.35 bits per heavy atom. The molecule has 1 heterocycles. The molecule has 0 aromatic heterocycles. The maximum Gasteiger partial charge on any atom is 0.173 e. The van der Waals surface area contributed by atoms with Crippen LogP contribution < -0.4 is 5.73 Å². The fourth-order valence-electron chi connectivity index (χ4n) is 2.59. The second kappa shape index (κ2) is 7.96. The van der Waals surface area contributed by atoms with E-state index in [0.29, 0.717) is 5.56 Å². The number of Topliss-reactive ketones (excluding diaryl/α,β-unsaturated/α-hetero) is 1. The summed E-state index contributed by atoms with van der Waals surface area (Å²) in [5.41, 5.74) is 6.37. The molecule has 7 heteroatoms. The van der Waals surface area contributed by atoms with E-state index in [9.17, 15) is 15.0 Å². The maximum atomic E-state index is 12.2. The second-order valence-electron chi connectivity index (χ2n) is 5.72. The van der Waals surface area contributed by atoms with Crippen LogP contribution >= 0.6 is 0 Å². The Morgan fingerprint density at radius 3 is 2.61 bits per heavy atom. The van der Waals surface area contributed by atoms with Gasteiger partial charge in [0.1, 0.15) is 18.3 Å². The van der Waals surface area contributed by atoms with Crippen molar-refractivity contribution in [3.05, 3.63) is 35.9 Å². The fraction of sp³-hybridized carbons (Fsp3) is 0.562. The molecule has 1 unspecified atom stereocenters. The minimum absolute atomic E-state index is 0.0903. The molecule has 7 nitrogen and oxygen atoms in total. The summed E-state index contributed by atoms with van der Waals surface area (Å²) in [6.07, 6.45) is -4.86. The molecule has 0 bridgehead atoms. The van der Waals surface area contributed by atoms with E-state index in [1.54, 1.807) is 31.2 Å². The van der Waals surface area contributed by atoms with Gasteiger partial charge in [0.15, 0.2) is 12.1 Å². The summed E-state index contributed by atoms with van der Waals surface area (Å²) in [6.45, 7) is 1.22. The minimum Gasteiger partial charge on any atom is -0.394 e. The topological polar surface area (TPSA) is 122 Å². The molecule has 0 spiro atoms. The summed E-state index contributed by atoms with van der Waals surface area (Å²) in [5, 5.41) is 29.0. The van der Waals surface area contributed by atoms with Gasteiger partial charge in [-0.1, -0.05) is 30.3 Å². The molecule has 1 fully saturated rings. The Labute approximate surface area is 134 Å². The first kappa shape index (κ1) is 18.0. The molecule has 128 valence electrons. The lowest BCUT2D eigenvalue weighted by atomic mass is 9.97. The van der Waals surface area contributed by atoms with Gasteiger partial charge in [0.25, 0.3) is 0 Å². The number of aliphatic hydroxyl groups is 3. The Hall–Kier alpha value is -1.35. The first-order chi connectivity index (χ1) is 10.9. The highest BCUT2D eigenvalue weighted by molar-refractivity contribution is 5.96. The molecular weight excluding hydrogens is 302 g/mol. The van der Waals surface area contributed by atoms with Crippen LogP contribution in [0.5, 0.6) is 0 Å². The van der Waals surface area contributed by atoms with Crippen molar-refractivity contribution >= 4 is 5.78 Å². The molecule has 1 aliphatic rings. The van der Waals surface area contributed by atoms with Crippen molar-refractivity contribution in [2.75, 3.05) is 6.61 Å². The van der Waals surface area contributed by atoms with Crippen molar-refractivity contribution in [2.24, 2.45) is 5.73 Å². The van der Waals surface area contributed by atoms with Crippen molar-refractivity contribution in [2.45, 2.75) is 50.1 Å². The third-order valence-corrected chi connectivity index (χ3v) is 3.88. The summed E-state index contributed by atoms with van der Waals surface area (Å²) in [7, 11) is 0. The number of carbonyl (C=O) groups is 1. The molecule has 1 aliphatic heterocycles. The highest BCUT2D eigenvalue weighted by atomic mass is 16.6. The Balaban J connectivity index is 1.97. The van der Waals surface area contributed by atoms with Gasteiger partial charge >= 0.3 is 0 Å². The molecule has 1 saturated heterocycles. The molecule has 2 rings (SSSR count). The van der Waals surface area contributed by atoms with Crippen LogP contribution in [0.1, 0.15) is 23.7 Å². The highest BCUT2D eigenvalue weighted by Gasteiger charge is 2.44. The summed E-state index contributed by atoms with van der Waals surface area (Å²) >= 11 is 0. The molecule has 1 aromatic carbocycles. The number of carbonyl (C=O) groups excluding carboxylic acids is 1. The van der Waals surface area contributed by atoms with E-state index in [4.69, 9.17) is 20.3 Å². The predicted octanol–water partition coefficient (Wildman–Crippen LogP) is -0.569. The van der Waals surface area contributed by atoms with E-state index in [-0.39, 0.29) is 12.2 Å². The number of hydrogen-bond acceptors (Lipinski definition) is 7. The zero-order valence-corrected chi connectivity index (χ0v) is 12.9. The quantitative estimate of drug-likeness (QED) is 0.517. The van der Waals surface area contributed by atoms with E-state index in [2.05, 4.69) is 0 Å². The van der Waals surface area contributed by atoms with Crippen LogP contribution in [0, 0.1) is 0 Å². The van der Waals surface area contributed by atoms with Gasteiger partial charge in [0.05, 0.1) is 18.8 Å². The lowest BCUT2D eigenvalue weighted by Crippen LogP contribution is -2.63. The normalized spacial score (nSPS) is 32.5. The van der Waals surface area contributed by atoms with Gasteiger partial charge in [-0.2, -0.15) is 0 Å². The molecule has 0 radical (unpaired) electrons. The summed E-state index contributed by atoms with van der Waals surface area (Å²) in [6, 6.07) is 7.84. The average molecular weight is 325 g/mol. The van der Waals surface area contributed by atoms with Crippen LogP contribution in [0.25, 0.3) is 0 Å². The molecule has 6 atom stereocenters. The van der Waals surface area contributed by atoms with E-state index >= 15 is 0 Å². The van der Waals surface area contributed by atoms with E-state index < -0.39 is 43.4 Å². The number of nitrogens with two attached hydrogens (primary N) is 1. The fourth-order valence-corrected chi connectivity index (χ4v) is 2.59. The van der Waals surface area contributed by atoms with E-state index in [0.717, 1.165) is 0 Å². The first-order valence-electron chi connectivity index (χ1n) is 7.55. The molecule has 0 saturated carbocycles. The number of ketones is 1. The largest absolute Gasteiger partial charge is 0.394 e. The number of aliphatic hydroxyl groups excluding tert-OH is 3. The molecular formula is C16H23NO6. The molecule has 0 amide bonds. The van der Waals surface area contributed by atoms with Gasteiger partial charge < -0.3 is 30.5 Å². The Morgan fingerprint density at radius 2 is 2.00 bits per heavy atom. The van der Waals surface area contributed by atoms with Crippen LogP contribution in [-0.2, 0) is 9.47 Å². The number of benzene rings is 1. The Bertz CT molecular complexity index is 511. The zero-order chi connectivity index (χ0) is 17.0. The summed E-state index contributed by atoms with van der Waals surface area (Å²) in [5.74, 6) is -0.0903. The van der Waals surface area contributed by atoms with Crippen LogP contribution in [0.2, 0.25) is 0 Å². The smallest absolute Gasteiger partial charge is 0.173 e. The minimum atomic E-state index is -1.35. The average Bonchev–Trinajstić information content (AvgIpc) is 2.55. The van der Waals surface area contributed by atoms with Crippen molar-refractivity contribution in [1.29, 1.82) is 0 Å². The van der Waals surface area contributed by atoms with Gasteiger partial charge in [0, 0.05) is 12.0 Å². The van der Waals surface area contributed by atoms with Gasteiger partial charge in [-0.15, -0.1) is 0 Å². The molecule has 5 N–H and O–H groups in total. The lowest BCUT2D eigenvalue weighted by Gasteiger charge is -2.41. The number of hydrogen-bond donors (Lipinski definition) is 4. The van der Waals surface area contributed by atoms with Crippen LogP contribution in [0.4, 0.5) is 0 Å². The standard InChI is InChI=1S/C16H23NO6/c1-9(7-11(19)10-5-3-2-4-6-10)22-15-13(17)16(21)23-12(8-18)14(15)20/h2-6,9,12-16,18,20-21H,7-8,17H2,1H3/t9?,12-,13-,14-,15-,16+/m1/s1. The summed E-state index contributed by atoms with van der Waals surface area (Å²) < 4.78 is 10.7. The van der Waals surface area contributed by atoms with E-state index in [1.807, 2.05) is 6.07 Å². The number of rotatable bonds is 6. The predicted molar refractivity (Wildman–Crippen MR) is 81.7 cm³/mol. The molecule has 23 heavy (non-hydrogen) atoms. The van der Waals surface area contributed by atoms with Crippen molar-refractivity contribution in [3.63, 3.8) is 0 Å². The highest BCUT2D eigenvalue weighted by Crippen LogP contribution is 2.23. The summed E-state index contributed by atoms with van der Waals surface area (Å²) in [4.78, 5) is 12.2. The SMILES string of the molecule is CC(CC(=O)c1ccccc1)O[C@@H]1[C@@H](N)[C@@H](O)O[C@H](CO)[C@H]1O. The second-order valence-corrected chi connectivity index (χ2v) is 5.72. The van der Waals surface area contributed by atoms with Crippen LogP contribution in [-0.4, -0.2) is 64.5 Å². The first-order valence-corrected chi connectivity index (χ1v) is 7.55. The van der Waals surface area contributed by atoms with Gasteiger partial charge in [-0.05, 0) is 6.92 Å². The third-order valence-electron chi connectivity index (χ3n) is 3.88. The number of ether oxygens (including phenoxy) is 2. The van der Waals surface area contributed by atoms with Gasteiger partial charge in [0.2, 0.25) is 0 Å². The van der Waals surface area contributed by atoms with Crippen molar-refractivity contribution in [3.8, 4) is 0 Å². The van der Waals surface area contributed by atoms with Gasteiger partial charge in [-0.3, -0.25) is 4.79 Å². The van der Waals surface area contributed by atoms with Gasteiger partial charge in [-0.25, -0.2) is 0 Å². The molecule has 1 aromatic rings. The molecule has 0 aliphatic carbocycles. The van der Waals surface area contributed by atoms with Crippen LogP contribution in [0.15, 0.2) is 30.3 Å². The lowest BCUT2D eigenvalue weighted by molar-refractivity contribution is -0.262. The van der Waals surface area contributed by atoms with Crippen molar-refractivity contribution < 1.29 is 29.6 Å². The van der Waals surface area contributed by atoms with E-state index in [1.165, 1.54) is 0 Å². The van der Waals surface area contributed by atoms with Crippen LogP contribution in [0.3, 0.4) is 0 Å². The Kier molecular flexibility index (Phi) is 6.23. The maximum absolute atomic E-state index is 12.2.